The summed E-state index contributed by atoms with van der Waals surface area (Å²) in [5, 5.41) is 12.8. The van der Waals surface area contributed by atoms with E-state index in [4.69, 9.17) is 9.84 Å². The lowest BCUT2D eigenvalue weighted by molar-refractivity contribution is -0.145. The molecule has 2 amide bonds. The summed E-state index contributed by atoms with van der Waals surface area (Å²) in [6.07, 6.45) is 6.61. The molecule has 2 atom stereocenters. The summed E-state index contributed by atoms with van der Waals surface area (Å²) < 4.78 is 6.18. The van der Waals surface area contributed by atoms with Crippen LogP contribution in [0.15, 0.2) is 72.8 Å². The van der Waals surface area contributed by atoms with Crippen LogP contribution in [0.1, 0.15) is 71.9 Å². The SMILES string of the molecule is Cc1cc(C)c(C)c(OCCc2ccc(C3=C[C@H]4CN(C(=O)CCCC(=O)O)C[C@@](C(=O)N(CCc5ccccc5)C5CC5)(C3)N4)cc2)c1. The first-order valence-corrected chi connectivity index (χ1v) is 17.7. The lowest BCUT2D eigenvalue weighted by Crippen LogP contribution is -2.72. The molecule has 2 fully saturated rings. The van der Waals surface area contributed by atoms with Crippen LogP contribution in [-0.2, 0) is 27.2 Å². The minimum atomic E-state index is -0.953. The van der Waals surface area contributed by atoms with Crippen molar-refractivity contribution in [2.75, 3.05) is 26.2 Å². The van der Waals surface area contributed by atoms with Crippen molar-refractivity contribution in [3.8, 4) is 5.75 Å². The fraction of sp³-hybridized carbons (Fsp3) is 0.439. The molecule has 8 heteroatoms. The number of aryl methyl sites for hydroxylation is 2. The molecule has 258 valence electrons. The second-order valence-electron chi connectivity index (χ2n) is 14.2. The number of nitrogens with zero attached hydrogens (tertiary/aromatic N) is 2. The van der Waals surface area contributed by atoms with Gasteiger partial charge in [0.1, 0.15) is 11.3 Å². The number of amides is 2. The van der Waals surface area contributed by atoms with Crippen molar-refractivity contribution < 1.29 is 24.2 Å². The molecule has 0 spiro atoms. The molecule has 2 heterocycles. The van der Waals surface area contributed by atoms with Crippen molar-refractivity contribution in [3.05, 3.63) is 106 Å². The van der Waals surface area contributed by atoms with Crippen LogP contribution in [0.4, 0.5) is 0 Å². The van der Waals surface area contributed by atoms with E-state index in [2.05, 4.69) is 85.6 Å². The fourth-order valence-corrected chi connectivity index (χ4v) is 7.36. The monoisotopic (exact) mass is 663 g/mol. The molecule has 3 aromatic rings. The minimum absolute atomic E-state index is 0.0440. The number of hydrogen-bond acceptors (Lipinski definition) is 5. The van der Waals surface area contributed by atoms with Crippen LogP contribution in [0.25, 0.3) is 5.57 Å². The summed E-state index contributed by atoms with van der Waals surface area (Å²) in [7, 11) is 0. The second-order valence-corrected chi connectivity index (χ2v) is 14.2. The van der Waals surface area contributed by atoms with E-state index in [1.807, 2.05) is 18.2 Å². The molecule has 2 bridgehead atoms. The maximum absolute atomic E-state index is 14.7. The third kappa shape index (κ3) is 8.42. The lowest BCUT2D eigenvalue weighted by Gasteiger charge is -2.50. The Balaban J connectivity index is 1.19. The average molecular weight is 664 g/mol. The third-order valence-corrected chi connectivity index (χ3v) is 10.2. The highest BCUT2D eigenvalue weighted by Crippen LogP contribution is 2.38. The first-order valence-electron chi connectivity index (χ1n) is 17.7. The van der Waals surface area contributed by atoms with Crippen molar-refractivity contribution in [2.45, 2.75) is 89.8 Å². The van der Waals surface area contributed by atoms with E-state index >= 15 is 0 Å². The van der Waals surface area contributed by atoms with Crippen molar-refractivity contribution in [1.82, 2.24) is 15.1 Å². The molecule has 1 saturated heterocycles. The summed E-state index contributed by atoms with van der Waals surface area (Å²) in [5.41, 5.74) is 7.23. The number of aliphatic carboxylic acids is 1. The Bertz CT molecular complexity index is 1700. The Morgan fingerprint density at radius 2 is 1.69 bits per heavy atom. The number of ether oxygens (including phenoxy) is 1. The summed E-state index contributed by atoms with van der Waals surface area (Å²) in [4.78, 5) is 43.1. The number of rotatable bonds is 14. The van der Waals surface area contributed by atoms with Gasteiger partial charge in [0.15, 0.2) is 0 Å². The molecule has 6 rings (SSSR count). The normalized spacial score (nSPS) is 20.0. The number of piperazine rings is 1. The molecular formula is C41H49N3O5. The molecular weight excluding hydrogens is 614 g/mol. The number of fused-ring (bicyclic) bond motifs is 2. The molecule has 2 N–H and O–H groups in total. The highest BCUT2D eigenvalue weighted by atomic mass is 16.5. The van der Waals surface area contributed by atoms with Gasteiger partial charge < -0.3 is 19.6 Å². The van der Waals surface area contributed by atoms with Crippen molar-refractivity contribution in [2.24, 2.45) is 0 Å². The van der Waals surface area contributed by atoms with Crippen LogP contribution < -0.4 is 10.1 Å². The Morgan fingerprint density at radius 3 is 2.41 bits per heavy atom. The van der Waals surface area contributed by atoms with Gasteiger partial charge in [0, 0.05) is 57.4 Å². The van der Waals surface area contributed by atoms with Gasteiger partial charge in [0.2, 0.25) is 11.8 Å². The van der Waals surface area contributed by atoms with Gasteiger partial charge in [0.25, 0.3) is 0 Å². The van der Waals surface area contributed by atoms with E-state index in [0.717, 1.165) is 42.6 Å². The maximum Gasteiger partial charge on any atom is 0.303 e. The van der Waals surface area contributed by atoms with Crippen molar-refractivity contribution >= 4 is 23.4 Å². The van der Waals surface area contributed by atoms with Gasteiger partial charge in [-0.1, -0.05) is 66.7 Å². The largest absolute Gasteiger partial charge is 0.493 e. The van der Waals surface area contributed by atoms with E-state index in [1.165, 1.54) is 27.8 Å². The molecule has 49 heavy (non-hydrogen) atoms. The number of carbonyl (C=O) groups excluding carboxylic acids is 2. The number of carboxylic acids is 1. The molecule has 8 nitrogen and oxygen atoms in total. The van der Waals surface area contributed by atoms with Crippen LogP contribution in [0.3, 0.4) is 0 Å². The van der Waals surface area contributed by atoms with Crippen LogP contribution in [0.5, 0.6) is 5.75 Å². The summed E-state index contributed by atoms with van der Waals surface area (Å²) in [6.45, 7) is 8.24. The molecule has 3 aliphatic rings. The van der Waals surface area contributed by atoms with Crippen molar-refractivity contribution in [3.63, 3.8) is 0 Å². The Labute approximate surface area is 290 Å². The second kappa shape index (κ2) is 15.0. The zero-order chi connectivity index (χ0) is 34.5. The average Bonchev–Trinajstić information content (AvgIpc) is 3.92. The first kappa shape index (κ1) is 34.4. The lowest BCUT2D eigenvalue weighted by atomic mass is 9.78. The van der Waals surface area contributed by atoms with Gasteiger partial charge >= 0.3 is 5.97 Å². The zero-order valence-corrected chi connectivity index (χ0v) is 29.0. The fourth-order valence-electron chi connectivity index (χ4n) is 7.36. The van der Waals surface area contributed by atoms with Gasteiger partial charge in [-0.25, -0.2) is 0 Å². The topological polar surface area (TPSA) is 99.2 Å². The Hall–Kier alpha value is -4.43. The quantitative estimate of drug-likeness (QED) is 0.218. The summed E-state index contributed by atoms with van der Waals surface area (Å²) in [5.74, 6) is -0.00163. The van der Waals surface area contributed by atoms with E-state index in [1.54, 1.807) is 4.90 Å². The van der Waals surface area contributed by atoms with E-state index in [-0.39, 0.29) is 49.7 Å². The van der Waals surface area contributed by atoms with Crippen molar-refractivity contribution in [1.29, 1.82) is 0 Å². The van der Waals surface area contributed by atoms with Gasteiger partial charge in [-0.05, 0) is 91.5 Å². The number of nitrogens with one attached hydrogen (secondary N) is 1. The Morgan fingerprint density at radius 1 is 0.959 bits per heavy atom. The van der Waals surface area contributed by atoms with Crippen LogP contribution in [-0.4, -0.2) is 76.6 Å². The Kier molecular flexibility index (Phi) is 10.5. The van der Waals surface area contributed by atoms with Gasteiger partial charge in [-0.15, -0.1) is 0 Å². The van der Waals surface area contributed by atoms with E-state index < -0.39 is 11.5 Å². The molecule has 1 saturated carbocycles. The van der Waals surface area contributed by atoms with Gasteiger partial charge in [0.05, 0.1) is 6.61 Å². The molecule has 0 unspecified atom stereocenters. The van der Waals surface area contributed by atoms with E-state index in [9.17, 15) is 14.4 Å². The molecule has 2 aliphatic heterocycles. The van der Waals surface area contributed by atoms with Gasteiger partial charge in [-0.3, -0.25) is 19.7 Å². The van der Waals surface area contributed by atoms with Gasteiger partial charge in [-0.2, -0.15) is 0 Å². The highest BCUT2D eigenvalue weighted by molar-refractivity contribution is 5.92. The number of carbonyl (C=O) groups is 3. The predicted molar refractivity (Wildman–Crippen MR) is 191 cm³/mol. The zero-order valence-electron chi connectivity index (χ0n) is 29.0. The smallest absolute Gasteiger partial charge is 0.303 e. The van der Waals surface area contributed by atoms with Crippen LogP contribution >= 0.6 is 0 Å². The predicted octanol–water partition coefficient (Wildman–Crippen LogP) is 6.05. The van der Waals surface area contributed by atoms with Crippen LogP contribution in [0, 0.1) is 20.8 Å². The third-order valence-electron chi connectivity index (χ3n) is 10.2. The standard InChI is InChI=1S/C41H49N3O5/c1-28-22-29(2)30(3)37(23-28)49-21-19-32-12-14-33(15-13-32)34-24-35-26-43(38(45)10-7-11-39(46)47)27-41(25-34,42-35)40(48)44(36-16-17-36)20-18-31-8-5-4-6-9-31/h4-6,8-9,12-15,22-24,35-36,42H,7,10-11,16-21,25-27H2,1-3H3,(H,46,47)/t35-,41+/m0/s1. The number of benzene rings is 3. The van der Waals surface area contributed by atoms with Crippen LogP contribution in [0.2, 0.25) is 0 Å². The maximum atomic E-state index is 14.7. The summed E-state index contributed by atoms with van der Waals surface area (Å²) in [6, 6.07) is 23.1. The number of hydrogen-bond donors (Lipinski definition) is 2. The number of carboxylic acid groups (broad SMARTS) is 1. The summed E-state index contributed by atoms with van der Waals surface area (Å²) >= 11 is 0. The minimum Gasteiger partial charge on any atom is -0.493 e. The van der Waals surface area contributed by atoms with E-state index in [0.29, 0.717) is 26.1 Å². The molecule has 0 aromatic heterocycles. The molecule has 1 aliphatic carbocycles. The highest BCUT2D eigenvalue weighted by Gasteiger charge is 2.52. The first-order chi connectivity index (χ1) is 23.6. The molecule has 3 aromatic carbocycles. The molecule has 0 radical (unpaired) electrons.